The first-order chi connectivity index (χ1) is 13.0. The molecule has 27 heavy (non-hydrogen) atoms. The molecule has 1 aromatic carbocycles. The van der Waals surface area contributed by atoms with Gasteiger partial charge < -0.3 is 20.5 Å². The van der Waals surface area contributed by atoms with Crippen molar-refractivity contribution in [3.8, 4) is 0 Å². The molecule has 0 saturated carbocycles. The molecule has 4 rings (SSSR count). The fraction of sp³-hybridized carbons (Fsp3) is 0.312. The van der Waals surface area contributed by atoms with E-state index in [-0.39, 0.29) is 11.6 Å². The minimum Gasteiger partial charge on any atom is -0.368 e. The molecule has 10 nitrogen and oxygen atoms in total. The predicted molar refractivity (Wildman–Crippen MR) is 103 cm³/mol. The lowest BCUT2D eigenvalue weighted by molar-refractivity contribution is -0.384. The number of aromatic amines is 1. The highest BCUT2D eigenvalue weighted by atomic mass is 35.5. The van der Waals surface area contributed by atoms with Gasteiger partial charge in [0.05, 0.1) is 16.0 Å². The van der Waals surface area contributed by atoms with Crippen LogP contribution in [0.5, 0.6) is 0 Å². The number of nitrogen functional groups attached to an aromatic ring is 1. The minimum absolute atomic E-state index is 0.0398. The Morgan fingerprint density at radius 3 is 2.67 bits per heavy atom. The van der Waals surface area contributed by atoms with Crippen molar-refractivity contribution in [2.45, 2.75) is 6.42 Å². The Balaban J connectivity index is 1.54. The van der Waals surface area contributed by atoms with Crippen LogP contribution in [0.1, 0.15) is 6.42 Å². The molecular weight excluding hydrogens is 372 g/mol. The van der Waals surface area contributed by atoms with E-state index in [9.17, 15) is 10.1 Å². The van der Waals surface area contributed by atoms with Crippen LogP contribution in [0.25, 0.3) is 11.0 Å². The summed E-state index contributed by atoms with van der Waals surface area (Å²) in [5.41, 5.74) is 7.08. The number of fused-ring (bicyclic) bond motifs is 1. The van der Waals surface area contributed by atoms with E-state index >= 15 is 0 Å². The van der Waals surface area contributed by atoms with E-state index in [0.29, 0.717) is 41.0 Å². The lowest BCUT2D eigenvalue weighted by Crippen LogP contribution is -2.31. The SMILES string of the molecule is Nc1nc(Cl)cc(N2CCCN(c3nc4ccc([N+](=O)[O-])cc4[nH]3)CC2)n1. The minimum atomic E-state index is -0.414. The number of benzene rings is 1. The molecule has 0 unspecified atom stereocenters. The normalized spacial score (nSPS) is 15.1. The van der Waals surface area contributed by atoms with E-state index in [2.05, 4.69) is 29.7 Å². The van der Waals surface area contributed by atoms with E-state index < -0.39 is 4.92 Å². The lowest BCUT2D eigenvalue weighted by atomic mass is 10.3. The zero-order valence-electron chi connectivity index (χ0n) is 14.3. The molecule has 0 spiro atoms. The van der Waals surface area contributed by atoms with Crippen LogP contribution in [0.4, 0.5) is 23.4 Å². The van der Waals surface area contributed by atoms with Gasteiger partial charge in [0.1, 0.15) is 11.0 Å². The van der Waals surface area contributed by atoms with Gasteiger partial charge in [0, 0.05) is 44.4 Å². The highest BCUT2D eigenvalue weighted by molar-refractivity contribution is 6.29. The number of rotatable bonds is 3. The Hall–Kier alpha value is -3.14. The van der Waals surface area contributed by atoms with Crippen LogP contribution in [0, 0.1) is 10.1 Å². The Bertz CT molecular complexity index is 987. The van der Waals surface area contributed by atoms with Crippen molar-refractivity contribution in [3.05, 3.63) is 39.5 Å². The number of nitrogens with zero attached hydrogens (tertiary/aromatic N) is 6. The summed E-state index contributed by atoms with van der Waals surface area (Å²) in [6.45, 7) is 3.02. The third-order valence-corrected chi connectivity index (χ3v) is 4.68. The van der Waals surface area contributed by atoms with Gasteiger partial charge in [0.2, 0.25) is 11.9 Å². The standard InChI is InChI=1S/C16H17ClN8O2/c17-13-9-14(22-15(18)21-13)23-4-1-5-24(7-6-23)16-19-11-3-2-10(25(26)27)8-12(11)20-16/h2-3,8-9H,1,4-7H2,(H,19,20)(H2,18,21,22). The Kier molecular flexibility index (Phi) is 4.40. The van der Waals surface area contributed by atoms with E-state index in [1.165, 1.54) is 12.1 Å². The van der Waals surface area contributed by atoms with Gasteiger partial charge in [0.25, 0.3) is 5.69 Å². The van der Waals surface area contributed by atoms with Crippen LogP contribution in [-0.2, 0) is 0 Å². The number of imidazole rings is 1. The third kappa shape index (κ3) is 3.56. The Morgan fingerprint density at radius 1 is 1.11 bits per heavy atom. The first kappa shape index (κ1) is 17.3. The van der Waals surface area contributed by atoms with Crippen molar-refractivity contribution in [2.24, 2.45) is 0 Å². The van der Waals surface area contributed by atoms with Crippen molar-refractivity contribution in [3.63, 3.8) is 0 Å². The number of H-pyrrole nitrogens is 1. The maximum absolute atomic E-state index is 10.9. The molecule has 1 aliphatic heterocycles. The van der Waals surface area contributed by atoms with E-state index in [1.54, 1.807) is 12.1 Å². The van der Waals surface area contributed by atoms with Crippen molar-refractivity contribution < 1.29 is 4.92 Å². The monoisotopic (exact) mass is 388 g/mol. The first-order valence-corrected chi connectivity index (χ1v) is 8.81. The van der Waals surface area contributed by atoms with Gasteiger partial charge in [-0.05, 0) is 12.5 Å². The van der Waals surface area contributed by atoms with Gasteiger partial charge in [-0.1, -0.05) is 11.6 Å². The quantitative estimate of drug-likeness (QED) is 0.396. The molecule has 140 valence electrons. The molecule has 2 aromatic heterocycles. The summed E-state index contributed by atoms with van der Waals surface area (Å²) in [7, 11) is 0. The van der Waals surface area contributed by atoms with Crippen LogP contribution < -0.4 is 15.5 Å². The van der Waals surface area contributed by atoms with Gasteiger partial charge in [-0.15, -0.1) is 0 Å². The number of non-ortho nitro benzene ring substituents is 1. The smallest absolute Gasteiger partial charge is 0.271 e. The summed E-state index contributed by atoms with van der Waals surface area (Å²) in [6.07, 6.45) is 0.888. The molecule has 0 aliphatic carbocycles. The second-order valence-corrected chi connectivity index (χ2v) is 6.64. The lowest BCUT2D eigenvalue weighted by Gasteiger charge is -2.22. The van der Waals surface area contributed by atoms with Crippen molar-refractivity contribution >= 4 is 46.0 Å². The summed E-state index contributed by atoms with van der Waals surface area (Å²) in [5.74, 6) is 1.56. The van der Waals surface area contributed by atoms with E-state index in [1.807, 2.05) is 0 Å². The van der Waals surface area contributed by atoms with Crippen molar-refractivity contribution in [2.75, 3.05) is 41.7 Å². The molecule has 0 bridgehead atoms. The van der Waals surface area contributed by atoms with Gasteiger partial charge in [-0.2, -0.15) is 4.98 Å². The highest BCUT2D eigenvalue weighted by Crippen LogP contribution is 2.24. The summed E-state index contributed by atoms with van der Waals surface area (Å²) in [5, 5.41) is 11.3. The van der Waals surface area contributed by atoms with E-state index in [0.717, 1.165) is 19.5 Å². The molecule has 11 heteroatoms. The zero-order valence-corrected chi connectivity index (χ0v) is 15.1. The van der Waals surface area contributed by atoms with Crippen LogP contribution in [0.15, 0.2) is 24.3 Å². The van der Waals surface area contributed by atoms with Crippen LogP contribution in [0.2, 0.25) is 5.15 Å². The van der Waals surface area contributed by atoms with Gasteiger partial charge >= 0.3 is 0 Å². The summed E-state index contributed by atoms with van der Waals surface area (Å²) >= 11 is 5.98. The topological polar surface area (TPSA) is 130 Å². The Labute approximate surface area is 159 Å². The van der Waals surface area contributed by atoms with E-state index in [4.69, 9.17) is 17.3 Å². The molecule has 1 aliphatic rings. The molecule has 0 amide bonds. The van der Waals surface area contributed by atoms with Crippen LogP contribution >= 0.6 is 11.6 Å². The molecule has 1 saturated heterocycles. The molecular formula is C16H17ClN8O2. The second-order valence-electron chi connectivity index (χ2n) is 6.25. The van der Waals surface area contributed by atoms with Crippen LogP contribution in [-0.4, -0.2) is 51.0 Å². The molecule has 3 N–H and O–H groups in total. The number of hydrogen-bond acceptors (Lipinski definition) is 8. The van der Waals surface area contributed by atoms with Gasteiger partial charge in [-0.25, -0.2) is 9.97 Å². The number of nitro groups is 1. The number of nitrogens with one attached hydrogen (secondary N) is 1. The number of nitro benzene ring substituents is 1. The molecule has 0 atom stereocenters. The number of nitrogens with two attached hydrogens (primary N) is 1. The largest absolute Gasteiger partial charge is 0.368 e. The average molecular weight is 389 g/mol. The number of halogens is 1. The molecule has 1 fully saturated rings. The number of aromatic nitrogens is 4. The molecule has 0 radical (unpaired) electrons. The van der Waals surface area contributed by atoms with Gasteiger partial charge in [-0.3, -0.25) is 10.1 Å². The first-order valence-electron chi connectivity index (χ1n) is 8.44. The summed E-state index contributed by atoms with van der Waals surface area (Å²) < 4.78 is 0. The maximum atomic E-state index is 10.9. The van der Waals surface area contributed by atoms with Crippen LogP contribution in [0.3, 0.4) is 0 Å². The Morgan fingerprint density at radius 2 is 1.89 bits per heavy atom. The average Bonchev–Trinajstić information content (AvgIpc) is 2.88. The summed E-state index contributed by atoms with van der Waals surface area (Å²) in [4.78, 5) is 30.7. The number of anilines is 3. The predicted octanol–water partition coefficient (Wildman–Crippen LogP) is 2.21. The zero-order chi connectivity index (χ0) is 19.0. The highest BCUT2D eigenvalue weighted by Gasteiger charge is 2.20. The fourth-order valence-electron chi connectivity index (χ4n) is 3.19. The van der Waals surface area contributed by atoms with Crippen molar-refractivity contribution in [1.29, 1.82) is 0 Å². The second kappa shape index (κ2) is 6.88. The fourth-order valence-corrected chi connectivity index (χ4v) is 3.37. The van der Waals surface area contributed by atoms with Crippen molar-refractivity contribution in [1.82, 2.24) is 19.9 Å². The molecule has 3 heterocycles. The molecule has 3 aromatic rings. The maximum Gasteiger partial charge on any atom is 0.271 e. The summed E-state index contributed by atoms with van der Waals surface area (Å²) in [6, 6.07) is 6.32. The number of hydrogen-bond donors (Lipinski definition) is 2. The third-order valence-electron chi connectivity index (χ3n) is 4.48. The van der Waals surface area contributed by atoms with Gasteiger partial charge in [0.15, 0.2) is 0 Å².